The average Bonchev–Trinajstić information content (AvgIpc) is 3.34. The summed E-state index contributed by atoms with van der Waals surface area (Å²) in [7, 11) is 0. The van der Waals surface area contributed by atoms with Crippen molar-refractivity contribution in [3.63, 3.8) is 0 Å². The lowest BCUT2D eigenvalue weighted by Gasteiger charge is -2.38. The Morgan fingerprint density at radius 1 is 0.919 bits per heavy atom. The Kier molecular flexibility index (Phi) is 8.30. The highest BCUT2D eigenvalue weighted by atomic mass is 16.4. The van der Waals surface area contributed by atoms with Gasteiger partial charge in [0, 0.05) is 69.5 Å². The van der Waals surface area contributed by atoms with E-state index < -0.39 is 11.6 Å². The first-order valence-corrected chi connectivity index (χ1v) is 14.0. The fraction of sp³-hybridized carbons (Fsp3) is 0.531. The number of nitrogens with zero attached hydrogens (tertiary/aromatic N) is 2. The first-order chi connectivity index (χ1) is 18.0. The zero-order valence-electron chi connectivity index (χ0n) is 21.8. The molecule has 0 bridgehead atoms. The Hall–Kier alpha value is -2.65. The fourth-order valence-electron chi connectivity index (χ4n) is 6.84. The molecule has 2 aromatic carbocycles. The van der Waals surface area contributed by atoms with E-state index in [1.165, 1.54) is 12.0 Å². The van der Waals surface area contributed by atoms with E-state index in [1.807, 2.05) is 30.3 Å². The number of carboxylic acids is 1. The van der Waals surface area contributed by atoms with Crippen LogP contribution < -0.4 is 0 Å². The summed E-state index contributed by atoms with van der Waals surface area (Å²) in [6.07, 6.45) is 6.12. The monoisotopic (exact) mass is 500 g/mol. The number of hydrogen-bond acceptors (Lipinski definition) is 4. The lowest BCUT2D eigenvalue weighted by atomic mass is 9.81. The van der Waals surface area contributed by atoms with Crippen LogP contribution >= 0.6 is 0 Å². The number of rotatable bonds is 6. The number of likely N-dealkylation sites (tertiary alicyclic amines) is 2. The van der Waals surface area contributed by atoms with Crippen LogP contribution in [0.15, 0.2) is 60.7 Å². The van der Waals surface area contributed by atoms with E-state index in [0.717, 1.165) is 57.5 Å². The predicted octanol–water partition coefficient (Wildman–Crippen LogP) is 4.61. The summed E-state index contributed by atoms with van der Waals surface area (Å²) in [6, 6.07) is 21.1. The SMILES string of the molecule is O=C(O)CC1CCCCC1N1CC(CN2CCC(O)(C#Cc3ccccc3)CC2)C(c2ccccc2)C1. The highest BCUT2D eigenvalue weighted by Crippen LogP contribution is 2.40. The van der Waals surface area contributed by atoms with Gasteiger partial charge in [-0.3, -0.25) is 9.69 Å². The molecule has 0 radical (unpaired) electrons. The molecule has 1 saturated carbocycles. The molecule has 3 aliphatic rings. The van der Waals surface area contributed by atoms with E-state index >= 15 is 0 Å². The smallest absolute Gasteiger partial charge is 0.303 e. The molecular formula is C32H40N2O3. The van der Waals surface area contributed by atoms with Crippen molar-refractivity contribution >= 4 is 5.97 Å². The van der Waals surface area contributed by atoms with Gasteiger partial charge in [0.1, 0.15) is 5.60 Å². The summed E-state index contributed by atoms with van der Waals surface area (Å²) in [6.45, 7) is 4.74. The quantitative estimate of drug-likeness (QED) is 0.567. The molecular weight excluding hydrogens is 460 g/mol. The Morgan fingerprint density at radius 3 is 2.30 bits per heavy atom. The minimum Gasteiger partial charge on any atom is -0.481 e. The maximum Gasteiger partial charge on any atom is 0.303 e. The molecule has 2 aliphatic heterocycles. The van der Waals surface area contributed by atoms with E-state index in [1.54, 1.807) is 0 Å². The van der Waals surface area contributed by atoms with Gasteiger partial charge in [-0.1, -0.05) is 73.2 Å². The van der Waals surface area contributed by atoms with E-state index in [0.29, 0.717) is 30.7 Å². The first-order valence-electron chi connectivity index (χ1n) is 14.0. The third-order valence-corrected chi connectivity index (χ3v) is 8.86. The van der Waals surface area contributed by atoms with Gasteiger partial charge in [0.25, 0.3) is 0 Å². The lowest BCUT2D eigenvalue weighted by molar-refractivity contribution is -0.139. The third kappa shape index (κ3) is 6.62. The molecule has 3 fully saturated rings. The zero-order valence-corrected chi connectivity index (χ0v) is 21.8. The number of benzene rings is 2. The van der Waals surface area contributed by atoms with Crippen LogP contribution in [0.1, 0.15) is 62.0 Å². The van der Waals surface area contributed by atoms with E-state index in [4.69, 9.17) is 0 Å². The number of carboxylic acid groups (broad SMARTS) is 1. The first kappa shape index (κ1) is 26.0. The summed E-state index contributed by atoms with van der Waals surface area (Å²) in [4.78, 5) is 16.7. The molecule has 4 atom stereocenters. The van der Waals surface area contributed by atoms with Crippen molar-refractivity contribution in [3.8, 4) is 11.8 Å². The Balaban J connectivity index is 1.25. The number of hydrogen-bond donors (Lipinski definition) is 2. The van der Waals surface area contributed by atoms with Crippen LogP contribution in [0, 0.1) is 23.7 Å². The summed E-state index contributed by atoms with van der Waals surface area (Å²) in [5, 5.41) is 20.6. The molecule has 5 heteroatoms. The largest absolute Gasteiger partial charge is 0.481 e. The maximum atomic E-state index is 11.6. The molecule has 2 aromatic rings. The summed E-state index contributed by atoms with van der Waals surface area (Å²) in [5.74, 6) is 6.86. The van der Waals surface area contributed by atoms with Crippen LogP contribution in [0.25, 0.3) is 0 Å². The second kappa shape index (κ2) is 11.8. The Bertz CT molecular complexity index is 1090. The highest BCUT2D eigenvalue weighted by Gasteiger charge is 2.42. The number of aliphatic hydroxyl groups is 1. The van der Waals surface area contributed by atoms with E-state index in [2.05, 4.69) is 52.0 Å². The lowest BCUT2D eigenvalue weighted by Crippen LogP contribution is -2.46. The van der Waals surface area contributed by atoms with Crippen molar-refractivity contribution in [1.82, 2.24) is 9.80 Å². The topological polar surface area (TPSA) is 64.0 Å². The van der Waals surface area contributed by atoms with Crippen LogP contribution in [0.4, 0.5) is 0 Å². The van der Waals surface area contributed by atoms with Gasteiger partial charge in [-0.15, -0.1) is 0 Å². The average molecular weight is 501 g/mol. The molecule has 196 valence electrons. The molecule has 5 rings (SSSR count). The Labute approximate surface area is 221 Å². The fourth-order valence-corrected chi connectivity index (χ4v) is 6.84. The number of carbonyl (C=O) groups is 1. The molecule has 2 N–H and O–H groups in total. The summed E-state index contributed by atoms with van der Waals surface area (Å²) < 4.78 is 0. The van der Waals surface area contributed by atoms with Crippen LogP contribution in [0.5, 0.6) is 0 Å². The minimum atomic E-state index is -0.918. The minimum absolute atomic E-state index is 0.259. The third-order valence-electron chi connectivity index (χ3n) is 8.86. The highest BCUT2D eigenvalue weighted by molar-refractivity contribution is 5.67. The predicted molar refractivity (Wildman–Crippen MR) is 146 cm³/mol. The van der Waals surface area contributed by atoms with Gasteiger partial charge in [0.2, 0.25) is 0 Å². The van der Waals surface area contributed by atoms with Gasteiger partial charge in [-0.25, -0.2) is 0 Å². The summed E-state index contributed by atoms with van der Waals surface area (Å²) >= 11 is 0. The normalized spacial score (nSPS) is 28.4. The van der Waals surface area contributed by atoms with Crippen molar-refractivity contribution in [2.75, 3.05) is 32.7 Å². The van der Waals surface area contributed by atoms with Gasteiger partial charge >= 0.3 is 5.97 Å². The van der Waals surface area contributed by atoms with Gasteiger partial charge in [-0.05, 0) is 42.4 Å². The second-order valence-electron chi connectivity index (χ2n) is 11.4. The molecule has 2 heterocycles. The molecule has 2 saturated heterocycles. The van der Waals surface area contributed by atoms with Crippen molar-refractivity contribution in [1.29, 1.82) is 0 Å². The van der Waals surface area contributed by atoms with Crippen LogP contribution in [0.2, 0.25) is 0 Å². The van der Waals surface area contributed by atoms with Crippen LogP contribution in [0.3, 0.4) is 0 Å². The van der Waals surface area contributed by atoms with Crippen molar-refractivity contribution < 1.29 is 15.0 Å². The van der Waals surface area contributed by atoms with Crippen molar-refractivity contribution in [2.24, 2.45) is 11.8 Å². The molecule has 1 aliphatic carbocycles. The standard InChI is InChI=1S/C32H40N2O3/c35-31(36)21-27-13-7-8-14-30(27)34-23-28(29(24-34)26-11-5-2-6-12-26)22-33-19-17-32(37,18-20-33)16-15-25-9-3-1-4-10-25/h1-6,9-12,27-30,37H,7-8,13-14,17-24H2,(H,35,36). The Morgan fingerprint density at radius 2 is 1.59 bits per heavy atom. The molecule has 4 unspecified atom stereocenters. The van der Waals surface area contributed by atoms with Gasteiger partial charge in [0.15, 0.2) is 0 Å². The second-order valence-corrected chi connectivity index (χ2v) is 11.4. The zero-order chi connectivity index (χ0) is 25.7. The van der Waals surface area contributed by atoms with Gasteiger partial charge in [-0.2, -0.15) is 0 Å². The van der Waals surface area contributed by atoms with E-state index in [9.17, 15) is 15.0 Å². The molecule has 0 amide bonds. The van der Waals surface area contributed by atoms with Crippen molar-refractivity contribution in [3.05, 3.63) is 71.8 Å². The van der Waals surface area contributed by atoms with Gasteiger partial charge in [0.05, 0.1) is 0 Å². The molecule has 0 spiro atoms. The van der Waals surface area contributed by atoms with Crippen LogP contribution in [-0.2, 0) is 4.79 Å². The van der Waals surface area contributed by atoms with Crippen molar-refractivity contribution in [2.45, 2.75) is 62.5 Å². The van der Waals surface area contributed by atoms with E-state index in [-0.39, 0.29) is 12.3 Å². The molecule has 37 heavy (non-hydrogen) atoms. The molecule has 5 nitrogen and oxygen atoms in total. The number of aliphatic carboxylic acids is 1. The number of piperidine rings is 1. The molecule has 0 aromatic heterocycles. The van der Waals surface area contributed by atoms with Crippen LogP contribution in [-0.4, -0.2) is 70.3 Å². The maximum absolute atomic E-state index is 11.6. The van der Waals surface area contributed by atoms with Gasteiger partial charge < -0.3 is 15.1 Å². The summed E-state index contributed by atoms with van der Waals surface area (Å²) in [5.41, 5.74) is 1.42.